The fourth-order valence-electron chi connectivity index (χ4n) is 3.27. The van der Waals surface area contributed by atoms with Gasteiger partial charge in [-0.15, -0.1) is 11.3 Å². The van der Waals surface area contributed by atoms with Crippen LogP contribution in [0.4, 0.5) is 5.69 Å². The zero-order valence-electron chi connectivity index (χ0n) is 16.2. The van der Waals surface area contributed by atoms with Gasteiger partial charge in [-0.05, 0) is 42.8 Å². The molecular formula is C25H17ClN2OS. The van der Waals surface area contributed by atoms with Gasteiger partial charge in [0, 0.05) is 21.4 Å². The van der Waals surface area contributed by atoms with E-state index < -0.39 is 0 Å². The van der Waals surface area contributed by atoms with Gasteiger partial charge in [0.1, 0.15) is 10.6 Å². The normalized spacial score (nSPS) is 11.9. The van der Waals surface area contributed by atoms with Crippen LogP contribution in [0.2, 0.25) is 5.02 Å². The number of aromatic nitrogens is 1. The molecule has 0 atom stereocenters. The molecule has 0 aliphatic rings. The Morgan fingerprint density at radius 3 is 2.57 bits per heavy atom. The summed E-state index contributed by atoms with van der Waals surface area (Å²) in [7, 11) is 0. The van der Waals surface area contributed by atoms with Gasteiger partial charge < -0.3 is 4.42 Å². The quantitative estimate of drug-likeness (QED) is 0.300. The van der Waals surface area contributed by atoms with Crippen molar-refractivity contribution in [1.29, 1.82) is 0 Å². The molecule has 30 heavy (non-hydrogen) atoms. The summed E-state index contributed by atoms with van der Waals surface area (Å²) in [6.45, 7) is 2.04. The summed E-state index contributed by atoms with van der Waals surface area (Å²) in [4.78, 5) is 9.71. The first-order chi connectivity index (χ1) is 14.7. The summed E-state index contributed by atoms with van der Waals surface area (Å²) < 4.78 is 6.22. The summed E-state index contributed by atoms with van der Waals surface area (Å²) in [5.74, 6) is 0. The summed E-state index contributed by atoms with van der Waals surface area (Å²) >= 11 is 7.79. The molecule has 0 aliphatic carbocycles. The lowest BCUT2D eigenvalue weighted by molar-refractivity contribution is 0.547. The van der Waals surface area contributed by atoms with Crippen LogP contribution in [-0.2, 0) is 0 Å². The predicted octanol–water partition coefficient (Wildman–Crippen LogP) is 7.42. The van der Waals surface area contributed by atoms with Crippen molar-refractivity contribution in [2.45, 2.75) is 6.92 Å². The molecule has 0 saturated carbocycles. The molecule has 5 aromatic rings. The van der Waals surface area contributed by atoms with Crippen LogP contribution in [-0.4, -0.2) is 4.98 Å². The predicted molar refractivity (Wildman–Crippen MR) is 124 cm³/mol. The molecular weight excluding hydrogens is 412 g/mol. The SMILES string of the molecule is Cc1ccccc1N=c1oc2ccc(Cl)cc2cc1-c1nc(-c2ccccc2)cs1. The zero-order chi connectivity index (χ0) is 20.5. The van der Waals surface area contributed by atoms with Gasteiger partial charge in [0.25, 0.3) is 0 Å². The van der Waals surface area contributed by atoms with E-state index in [1.807, 2.05) is 67.6 Å². The third-order valence-electron chi connectivity index (χ3n) is 4.85. The highest BCUT2D eigenvalue weighted by Crippen LogP contribution is 2.30. The second-order valence-electron chi connectivity index (χ2n) is 6.95. The Labute approximate surface area is 183 Å². The van der Waals surface area contributed by atoms with E-state index >= 15 is 0 Å². The van der Waals surface area contributed by atoms with Crippen LogP contribution >= 0.6 is 22.9 Å². The number of benzene rings is 3. The van der Waals surface area contributed by atoms with E-state index in [1.165, 1.54) is 0 Å². The van der Waals surface area contributed by atoms with Crippen LogP contribution in [0, 0.1) is 6.92 Å². The minimum Gasteiger partial charge on any atom is -0.438 e. The lowest BCUT2D eigenvalue weighted by atomic mass is 10.1. The lowest BCUT2D eigenvalue weighted by Gasteiger charge is -2.04. The molecule has 0 spiro atoms. The summed E-state index contributed by atoms with van der Waals surface area (Å²) in [5, 5.41) is 4.49. The minimum absolute atomic E-state index is 0.535. The molecule has 0 saturated heterocycles. The maximum Gasteiger partial charge on any atom is 0.230 e. The average molecular weight is 429 g/mol. The number of fused-ring (bicyclic) bond motifs is 1. The number of para-hydroxylation sites is 1. The standard InChI is InChI=1S/C25H17ClN2OS/c1-16-7-5-6-10-21(16)27-24-20(14-18-13-19(26)11-12-23(18)29-24)25-28-22(15-30-25)17-8-3-2-4-9-17/h2-15H,1H3. The molecule has 0 N–H and O–H groups in total. The highest BCUT2D eigenvalue weighted by molar-refractivity contribution is 7.13. The summed E-state index contributed by atoms with van der Waals surface area (Å²) in [5.41, 5.74) is 6.08. The van der Waals surface area contributed by atoms with Crippen molar-refractivity contribution in [1.82, 2.24) is 4.98 Å². The molecule has 5 heteroatoms. The molecule has 3 nitrogen and oxygen atoms in total. The largest absolute Gasteiger partial charge is 0.438 e. The van der Waals surface area contributed by atoms with Crippen LogP contribution in [0.3, 0.4) is 0 Å². The maximum atomic E-state index is 6.22. The van der Waals surface area contributed by atoms with Gasteiger partial charge in [-0.25, -0.2) is 9.98 Å². The number of aryl methyl sites for hydroxylation is 1. The third-order valence-corrected chi connectivity index (χ3v) is 5.96. The van der Waals surface area contributed by atoms with Crippen LogP contribution in [0.5, 0.6) is 0 Å². The molecule has 2 heterocycles. The van der Waals surface area contributed by atoms with Crippen molar-refractivity contribution in [2.75, 3.05) is 0 Å². The van der Waals surface area contributed by atoms with Crippen molar-refractivity contribution in [3.63, 3.8) is 0 Å². The smallest absolute Gasteiger partial charge is 0.230 e. The van der Waals surface area contributed by atoms with Crippen LogP contribution < -0.4 is 5.55 Å². The minimum atomic E-state index is 0.535. The summed E-state index contributed by atoms with van der Waals surface area (Å²) in [6, 6.07) is 25.8. The Kier molecular flexibility index (Phi) is 4.95. The highest BCUT2D eigenvalue weighted by Gasteiger charge is 2.13. The maximum absolute atomic E-state index is 6.22. The van der Waals surface area contributed by atoms with Crippen LogP contribution in [0.25, 0.3) is 32.8 Å². The topological polar surface area (TPSA) is 38.4 Å². The molecule has 0 amide bonds. The van der Waals surface area contributed by atoms with Crippen LogP contribution in [0.15, 0.2) is 93.7 Å². The highest BCUT2D eigenvalue weighted by atomic mass is 35.5. The zero-order valence-corrected chi connectivity index (χ0v) is 17.7. The Morgan fingerprint density at radius 2 is 1.73 bits per heavy atom. The molecule has 2 aromatic heterocycles. The Morgan fingerprint density at radius 1 is 0.933 bits per heavy atom. The first-order valence-corrected chi connectivity index (χ1v) is 10.8. The van der Waals surface area contributed by atoms with Gasteiger partial charge in [-0.1, -0.05) is 60.1 Å². The van der Waals surface area contributed by atoms with E-state index in [0.29, 0.717) is 10.6 Å². The van der Waals surface area contributed by atoms with Gasteiger partial charge in [0.15, 0.2) is 0 Å². The van der Waals surface area contributed by atoms with Gasteiger partial charge in [-0.3, -0.25) is 0 Å². The molecule has 0 aliphatic heterocycles. The number of thiazole rings is 1. The Hall–Kier alpha value is -3.21. The number of nitrogens with zero attached hydrogens (tertiary/aromatic N) is 2. The van der Waals surface area contributed by atoms with Crippen LogP contribution in [0.1, 0.15) is 5.56 Å². The first-order valence-electron chi connectivity index (χ1n) is 9.52. The average Bonchev–Trinajstić information content (AvgIpc) is 3.26. The van der Waals surface area contributed by atoms with E-state index in [2.05, 4.69) is 23.6 Å². The Bertz CT molecular complexity index is 1420. The number of halogens is 1. The third kappa shape index (κ3) is 3.67. The van der Waals surface area contributed by atoms with Crippen molar-refractivity contribution < 1.29 is 4.42 Å². The number of hydrogen-bond donors (Lipinski definition) is 0. The molecule has 0 fully saturated rings. The molecule has 0 radical (unpaired) electrons. The molecule has 0 bridgehead atoms. The van der Waals surface area contributed by atoms with Gasteiger partial charge in [-0.2, -0.15) is 0 Å². The lowest BCUT2D eigenvalue weighted by Crippen LogP contribution is -2.05. The van der Waals surface area contributed by atoms with E-state index in [1.54, 1.807) is 11.3 Å². The van der Waals surface area contributed by atoms with Crippen molar-refractivity contribution >= 4 is 39.6 Å². The molecule has 146 valence electrons. The summed E-state index contributed by atoms with van der Waals surface area (Å²) in [6.07, 6.45) is 0. The van der Waals surface area contributed by atoms with E-state index in [0.717, 1.165) is 44.0 Å². The fourth-order valence-corrected chi connectivity index (χ4v) is 4.29. The second kappa shape index (κ2) is 7.90. The molecule has 3 aromatic carbocycles. The number of rotatable bonds is 3. The van der Waals surface area contributed by atoms with Crippen molar-refractivity contribution in [3.8, 4) is 21.8 Å². The van der Waals surface area contributed by atoms with Gasteiger partial charge in [0.05, 0.1) is 16.9 Å². The van der Waals surface area contributed by atoms with Crippen molar-refractivity contribution in [2.24, 2.45) is 4.99 Å². The fraction of sp³-hybridized carbons (Fsp3) is 0.0400. The number of hydrogen-bond acceptors (Lipinski definition) is 4. The first kappa shape index (κ1) is 18.8. The molecule has 0 unspecified atom stereocenters. The monoisotopic (exact) mass is 428 g/mol. The van der Waals surface area contributed by atoms with Gasteiger partial charge in [0.2, 0.25) is 5.55 Å². The van der Waals surface area contributed by atoms with E-state index in [-0.39, 0.29) is 0 Å². The van der Waals surface area contributed by atoms with Crippen molar-refractivity contribution in [3.05, 3.63) is 100 Å². The molecule has 5 rings (SSSR count). The Balaban J connectivity index is 1.74. The van der Waals surface area contributed by atoms with E-state index in [9.17, 15) is 0 Å². The van der Waals surface area contributed by atoms with E-state index in [4.69, 9.17) is 26.0 Å². The van der Waals surface area contributed by atoms with Gasteiger partial charge >= 0.3 is 0 Å². The second-order valence-corrected chi connectivity index (χ2v) is 8.24.